The lowest BCUT2D eigenvalue weighted by Gasteiger charge is -2.36. The monoisotopic (exact) mass is 212 g/mol. The highest BCUT2D eigenvalue weighted by Crippen LogP contribution is 2.41. The van der Waals surface area contributed by atoms with Crippen molar-refractivity contribution in [1.29, 1.82) is 0 Å². The first-order valence-electron chi connectivity index (χ1n) is 5.61. The number of rotatable bonds is 0. The van der Waals surface area contributed by atoms with E-state index < -0.39 is 6.09 Å². The second kappa shape index (κ2) is 3.37. The summed E-state index contributed by atoms with van der Waals surface area (Å²) in [6.45, 7) is 9.04. The Bertz CT molecular complexity index is 272. The van der Waals surface area contributed by atoms with Crippen LogP contribution in [-0.4, -0.2) is 41.8 Å². The van der Waals surface area contributed by atoms with Crippen LogP contribution in [0.25, 0.3) is 0 Å². The minimum atomic E-state index is -0.760. The Morgan fingerprint density at radius 3 is 2.60 bits per heavy atom. The first-order valence-corrected chi connectivity index (χ1v) is 5.61. The molecule has 3 atom stereocenters. The van der Waals surface area contributed by atoms with Crippen molar-refractivity contribution in [3.05, 3.63) is 0 Å². The van der Waals surface area contributed by atoms with Crippen molar-refractivity contribution in [2.24, 2.45) is 17.3 Å². The molecule has 1 unspecified atom stereocenters. The van der Waals surface area contributed by atoms with E-state index in [1.807, 2.05) is 0 Å². The molecule has 15 heavy (non-hydrogen) atoms. The topological polar surface area (TPSA) is 52.6 Å². The minimum Gasteiger partial charge on any atom is -0.465 e. The van der Waals surface area contributed by atoms with E-state index in [9.17, 15) is 9.90 Å². The second-order valence-electron chi connectivity index (χ2n) is 5.83. The van der Waals surface area contributed by atoms with Gasteiger partial charge in [0.1, 0.15) is 0 Å². The molecule has 4 heteroatoms. The first-order chi connectivity index (χ1) is 6.91. The molecular formula is C11H20N2O2. The third-order valence-corrected chi connectivity index (χ3v) is 3.70. The second-order valence-corrected chi connectivity index (χ2v) is 5.83. The van der Waals surface area contributed by atoms with Gasteiger partial charge in [-0.1, -0.05) is 20.8 Å². The Morgan fingerprint density at radius 2 is 2.07 bits per heavy atom. The average Bonchev–Trinajstić information content (AvgIpc) is 2.56. The van der Waals surface area contributed by atoms with Crippen LogP contribution >= 0.6 is 0 Å². The van der Waals surface area contributed by atoms with E-state index in [1.165, 1.54) is 0 Å². The van der Waals surface area contributed by atoms with Crippen LogP contribution in [0.5, 0.6) is 0 Å². The molecule has 2 heterocycles. The number of hydrogen-bond acceptors (Lipinski definition) is 2. The summed E-state index contributed by atoms with van der Waals surface area (Å²) in [4.78, 5) is 12.8. The fourth-order valence-corrected chi connectivity index (χ4v) is 3.23. The molecule has 2 saturated heterocycles. The third-order valence-electron chi connectivity index (χ3n) is 3.70. The van der Waals surface area contributed by atoms with Crippen molar-refractivity contribution in [1.82, 2.24) is 10.2 Å². The molecule has 0 aromatic heterocycles. The molecule has 2 fully saturated rings. The highest BCUT2D eigenvalue weighted by atomic mass is 16.4. The van der Waals surface area contributed by atoms with Crippen LogP contribution in [0.3, 0.4) is 0 Å². The zero-order valence-corrected chi connectivity index (χ0v) is 9.66. The van der Waals surface area contributed by atoms with Crippen LogP contribution < -0.4 is 5.32 Å². The van der Waals surface area contributed by atoms with Crippen LogP contribution in [-0.2, 0) is 0 Å². The summed E-state index contributed by atoms with van der Waals surface area (Å²) >= 11 is 0. The normalized spacial score (nSPS) is 35.7. The average molecular weight is 212 g/mol. The summed E-state index contributed by atoms with van der Waals surface area (Å²) in [7, 11) is 0. The Kier molecular flexibility index (Phi) is 2.41. The molecule has 2 aliphatic heterocycles. The molecule has 0 aromatic carbocycles. The van der Waals surface area contributed by atoms with Gasteiger partial charge in [0.15, 0.2) is 0 Å². The Hall–Kier alpha value is -0.770. The summed E-state index contributed by atoms with van der Waals surface area (Å²) in [5.74, 6) is 1.02. The van der Waals surface area contributed by atoms with Crippen LogP contribution in [0.2, 0.25) is 0 Å². The van der Waals surface area contributed by atoms with Crippen LogP contribution in [0.15, 0.2) is 0 Å². The van der Waals surface area contributed by atoms with Crippen LogP contribution in [0.4, 0.5) is 4.79 Å². The summed E-state index contributed by atoms with van der Waals surface area (Å²) in [6.07, 6.45) is -0.760. The van der Waals surface area contributed by atoms with Gasteiger partial charge in [-0.25, -0.2) is 4.79 Å². The molecule has 4 nitrogen and oxygen atoms in total. The van der Waals surface area contributed by atoms with Crippen molar-refractivity contribution < 1.29 is 9.90 Å². The number of hydrogen-bond donors (Lipinski definition) is 2. The van der Waals surface area contributed by atoms with Gasteiger partial charge in [0.05, 0.1) is 0 Å². The van der Waals surface area contributed by atoms with Gasteiger partial charge in [-0.3, -0.25) is 0 Å². The van der Waals surface area contributed by atoms with Crippen LogP contribution in [0, 0.1) is 17.3 Å². The Morgan fingerprint density at radius 1 is 1.40 bits per heavy atom. The predicted molar refractivity (Wildman–Crippen MR) is 57.8 cm³/mol. The summed E-state index contributed by atoms with van der Waals surface area (Å²) in [5.41, 5.74) is 0.0316. The van der Waals surface area contributed by atoms with Crippen molar-refractivity contribution in [2.75, 3.05) is 19.6 Å². The number of amides is 1. The number of carboxylic acid groups (broad SMARTS) is 1. The van der Waals surface area contributed by atoms with Crippen molar-refractivity contribution in [3.8, 4) is 0 Å². The van der Waals surface area contributed by atoms with E-state index in [0.29, 0.717) is 18.4 Å². The van der Waals surface area contributed by atoms with E-state index in [2.05, 4.69) is 26.1 Å². The van der Waals surface area contributed by atoms with E-state index >= 15 is 0 Å². The van der Waals surface area contributed by atoms with Crippen molar-refractivity contribution in [2.45, 2.75) is 26.8 Å². The van der Waals surface area contributed by atoms with E-state index in [0.717, 1.165) is 13.1 Å². The SMILES string of the molecule is CC(C)(C)C1[C@@H]2CNC[C@@H]2CN1C(=O)O. The van der Waals surface area contributed by atoms with E-state index in [4.69, 9.17) is 0 Å². The largest absolute Gasteiger partial charge is 0.465 e. The molecule has 2 rings (SSSR count). The molecule has 0 spiro atoms. The maximum absolute atomic E-state index is 11.2. The zero-order chi connectivity index (χ0) is 11.2. The highest BCUT2D eigenvalue weighted by molar-refractivity contribution is 5.66. The van der Waals surface area contributed by atoms with Crippen molar-refractivity contribution >= 4 is 6.09 Å². The standard InChI is InChI=1S/C11H20N2O2/c1-11(2,3)9-8-5-12-4-7(8)6-13(9)10(14)15/h7-9,12H,4-6H2,1-3H3,(H,14,15)/t7-,8-,9?/m1/s1. The van der Waals surface area contributed by atoms with E-state index in [1.54, 1.807) is 4.90 Å². The number of fused-ring (bicyclic) bond motifs is 1. The molecule has 2 aliphatic rings. The van der Waals surface area contributed by atoms with Gasteiger partial charge in [0, 0.05) is 25.7 Å². The van der Waals surface area contributed by atoms with Gasteiger partial charge in [-0.15, -0.1) is 0 Å². The van der Waals surface area contributed by atoms with Crippen LogP contribution in [0.1, 0.15) is 20.8 Å². The molecular weight excluding hydrogens is 192 g/mol. The summed E-state index contributed by atoms with van der Waals surface area (Å²) in [6, 6.07) is 0.162. The van der Waals surface area contributed by atoms with E-state index in [-0.39, 0.29) is 11.5 Å². The molecule has 0 aliphatic carbocycles. The van der Waals surface area contributed by atoms with Gasteiger partial charge in [0.2, 0.25) is 0 Å². The fourth-order valence-electron chi connectivity index (χ4n) is 3.23. The smallest absolute Gasteiger partial charge is 0.407 e. The summed E-state index contributed by atoms with van der Waals surface area (Å²) in [5, 5.41) is 12.6. The van der Waals surface area contributed by atoms with Gasteiger partial charge >= 0.3 is 6.09 Å². The zero-order valence-electron chi connectivity index (χ0n) is 9.66. The summed E-state index contributed by atoms with van der Waals surface area (Å²) < 4.78 is 0. The molecule has 0 radical (unpaired) electrons. The van der Waals surface area contributed by atoms with Gasteiger partial charge in [-0.05, 0) is 17.3 Å². The number of nitrogens with zero attached hydrogens (tertiary/aromatic N) is 1. The van der Waals surface area contributed by atoms with Crippen molar-refractivity contribution in [3.63, 3.8) is 0 Å². The third kappa shape index (κ3) is 1.71. The minimum absolute atomic E-state index is 0.0316. The maximum Gasteiger partial charge on any atom is 0.407 e. The Balaban J connectivity index is 2.25. The predicted octanol–water partition coefficient (Wildman–Crippen LogP) is 1.23. The fraction of sp³-hybridized carbons (Fsp3) is 0.909. The molecule has 0 saturated carbocycles. The molecule has 86 valence electrons. The van der Waals surface area contributed by atoms with Gasteiger partial charge in [0.25, 0.3) is 0 Å². The lowest BCUT2D eigenvalue weighted by molar-refractivity contribution is 0.0918. The Labute approximate surface area is 90.6 Å². The number of carbonyl (C=O) groups is 1. The number of likely N-dealkylation sites (tertiary alicyclic amines) is 1. The molecule has 0 aromatic rings. The lowest BCUT2D eigenvalue weighted by Crippen LogP contribution is -2.46. The highest BCUT2D eigenvalue weighted by Gasteiger charge is 2.50. The first kappa shape index (κ1) is 10.7. The lowest BCUT2D eigenvalue weighted by atomic mass is 9.78. The van der Waals surface area contributed by atoms with Gasteiger partial charge < -0.3 is 15.3 Å². The molecule has 0 bridgehead atoms. The molecule has 2 N–H and O–H groups in total. The molecule has 1 amide bonds. The van der Waals surface area contributed by atoms with Gasteiger partial charge in [-0.2, -0.15) is 0 Å². The quantitative estimate of drug-likeness (QED) is 0.635. The maximum atomic E-state index is 11.2. The number of nitrogens with one attached hydrogen (secondary N) is 1.